The molecule has 12 aliphatic rings. The van der Waals surface area contributed by atoms with E-state index in [1.54, 1.807) is 16.7 Å². The van der Waals surface area contributed by atoms with Crippen molar-refractivity contribution in [3.63, 3.8) is 0 Å². The standard InChI is InChI=1S/C39H55NO5.C30H48N2O3/c1-6-35(41)44-29-14-16-38(5)28(19-29)12-13-31-30-15-17-39(21-25(3)32(30)20-33(31)38)26(4)36-34(45-39)18-24(2)22-40(36)37(42)43-23-27-10-8-7-9-11-27;1-17-11-26-28(32-16-17)19(3)30(35-26)10-8-22-23-6-5-20-12-21(34-27(33)15-31)7-9-29(20,4)25(23)13-24(22)18(2)14-30/h7-11,24,26,28-31,33-34,36H,6,12-23H2,1-5H3;17,19-23,25-26,28,32H,5-16,31H2,1-4H3/t24-,26+,28+,29+,30-,31-,33-,34+,36-,38-,39-;17-,19+,20+,21+,22-,23-,25-,26+,28-,29-,30-/m00/s1. The average Bonchev–Trinajstić information content (AvgIpc) is 4.34. The lowest BCUT2D eigenvalue weighted by Crippen LogP contribution is -2.54. The van der Waals surface area contributed by atoms with E-state index in [0.717, 1.165) is 99.6 Å². The highest BCUT2D eigenvalue weighted by Crippen LogP contribution is 2.67. The molecule has 80 heavy (non-hydrogen) atoms. The third-order valence-electron chi connectivity index (χ3n) is 25.8. The number of carbonyl (C=O) groups excluding carboxylic acids is 3. The van der Waals surface area contributed by atoms with Crippen molar-refractivity contribution in [2.24, 2.45) is 87.6 Å². The number of amides is 1. The SMILES string of the molecule is CC1=C2C[C@H]3[C@@H](CC[C@@H]4C[C@H](OC(=O)CN)CC[C@@]43C)[C@@H]2CC[C@@]2(C1)O[C@@H]1C[C@H](C)CN[C@H]1[C@H]2C.CCC(=O)O[C@@H]1CC[C@@]2(C)[C@H](CC[C@H]3[C@@H]4CC[C@@]5(CC(C)=C4C[C@@H]32)O[C@@H]2C[C@H](C)CN(C(=O)OCc3ccccc3)[C@H]2[C@H]5C)C1. The van der Waals surface area contributed by atoms with Crippen molar-refractivity contribution in [2.45, 2.75) is 251 Å². The predicted molar refractivity (Wildman–Crippen MR) is 312 cm³/mol. The average molecular weight is 1100 g/mol. The van der Waals surface area contributed by atoms with Crippen molar-refractivity contribution in [3.8, 4) is 0 Å². The minimum absolute atomic E-state index is 0.00134. The number of likely N-dealkylation sites (tertiary alicyclic amines) is 1. The number of piperidine rings is 2. The van der Waals surface area contributed by atoms with E-state index in [1.165, 1.54) is 77.0 Å². The van der Waals surface area contributed by atoms with Gasteiger partial charge in [-0.05, 0) is 224 Å². The second-order valence-electron chi connectivity index (χ2n) is 29.9. The number of allylic oxidation sites excluding steroid dienone is 2. The Morgan fingerprint density at radius 2 is 1.23 bits per heavy atom. The molecule has 3 N–H and O–H groups in total. The first-order chi connectivity index (χ1) is 38.4. The summed E-state index contributed by atoms with van der Waals surface area (Å²) in [6.45, 7) is 23.5. The molecule has 10 fully saturated rings. The van der Waals surface area contributed by atoms with E-state index < -0.39 is 0 Å². The molecule has 0 unspecified atom stereocenters. The third-order valence-corrected chi connectivity index (χ3v) is 25.8. The van der Waals surface area contributed by atoms with Crippen LogP contribution in [-0.4, -0.2) is 90.3 Å². The van der Waals surface area contributed by atoms with E-state index in [9.17, 15) is 14.4 Å². The summed E-state index contributed by atoms with van der Waals surface area (Å²) in [5, 5.41) is 3.86. The summed E-state index contributed by atoms with van der Waals surface area (Å²) in [5.41, 5.74) is 13.9. The Morgan fingerprint density at radius 1 is 0.675 bits per heavy atom. The van der Waals surface area contributed by atoms with Crippen molar-refractivity contribution >= 4 is 18.0 Å². The lowest BCUT2D eigenvalue weighted by atomic mass is 9.52. The summed E-state index contributed by atoms with van der Waals surface area (Å²) in [5.74, 6) is 7.55. The molecule has 4 aliphatic heterocycles. The molecule has 0 bridgehead atoms. The maximum absolute atomic E-state index is 13.6. The minimum Gasteiger partial charge on any atom is -0.462 e. The van der Waals surface area contributed by atoms with Gasteiger partial charge in [0.2, 0.25) is 0 Å². The Kier molecular flexibility index (Phi) is 15.9. The van der Waals surface area contributed by atoms with Crippen molar-refractivity contribution in [1.29, 1.82) is 0 Å². The van der Waals surface area contributed by atoms with Gasteiger partial charge in [0.25, 0.3) is 0 Å². The number of hydrogen-bond acceptors (Lipinski definition) is 10. The van der Waals surface area contributed by atoms with Crippen LogP contribution >= 0.6 is 0 Å². The van der Waals surface area contributed by atoms with Gasteiger partial charge in [-0.1, -0.05) is 101 Å². The first-order valence-electron chi connectivity index (χ1n) is 32.9. The van der Waals surface area contributed by atoms with Gasteiger partial charge in [0.15, 0.2) is 0 Å². The number of hydrogen-bond donors (Lipinski definition) is 2. The van der Waals surface area contributed by atoms with Crippen LogP contribution in [0.2, 0.25) is 0 Å². The zero-order chi connectivity index (χ0) is 56.0. The molecule has 442 valence electrons. The molecule has 22 atom stereocenters. The van der Waals surface area contributed by atoms with Crippen LogP contribution in [0.25, 0.3) is 0 Å². The molecular formula is C69H103N3O8. The zero-order valence-corrected chi connectivity index (χ0v) is 50.7. The fourth-order valence-corrected chi connectivity index (χ4v) is 21.5. The van der Waals surface area contributed by atoms with Crippen LogP contribution in [0, 0.1) is 81.8 Å². The predicted octanol–water partition coefficient (Wildman–Crippen LogP) is 13.5. The first kappa shape index (κ1) is 57.2. The molecule has 4 heterocycles. The topological polar surface area (TPSA) is 139 Å². The van der Waals surface area contributed by atoms with Gasteiger partial charge in [0, 0.05) is 30.8 Å². The highest BCUT2D eigenvalue weighted by atomic mass is 16.6. The zero-order valence-electron chi connectivity index (χ0n) is 50.7. The Morgan fingerprint density at radius 3 is 1.80 bits per heavy atom. The summed E-state index contributed by atoms with van der Waals surface area (Å²) < 4.78 is 31.7. The molecular weight excluding hydrogens is 999 g/mol. The second kappa shape index (κ2) is 22.3. The van der Waals surface area contributed by atoms with Crippen LogP contribution in [0.15, 0.2) is 52.6 Å². The van der Waals surface area contributed by atoms with Crippen molar-refractivity contribution in [2.75, 3.05) is 19.6 Å². The highest BCUT2D eigenvalue weighted by molar-refractivity contribution is 5.71. The number of benzene rings is 1. The molecule has 0 aromatic heterocycles. The van der Waals surface area contributed by atoms with Crippen LogP contribution in [0.1, 0.15) is 203 Å². The molecule has 11 heteroatoms. The summed E-state index contributed by atoms with van der Waals surface area (Å²) in [7, 11) is 0. The Labute approximate surface area is 481 Å². The lowest BCUT2D eigenvalue weighted by molar-refractivity contribution is -0.156. The Bertz CT molecular complexity index is 2530. The molecule has 8 aliphatic carbocycles. The van der Waals surface area contributed by atoms with E-state index >= 15 is 0 Å². The maximum atomic E-state index is 13.6. The molecule has 1 aromatic carbocycles. The van der Waals surface area contributed by atoms with E-state index in [-0.39, 0.29) is 66.1 Å². The Balaban J connectivity index is 0.000000164. The molecule has 2 spiro atoms. The van der Waals surface area contributed by atoms with Gasteiger partial charge in [-0.3, -0.25) is 9.59 Å². The molecule has 0 radical (unpaired) electrons. The van der Waals surface area contributed by atoms with E-state index in [4.69, 9.17) is 29.4 Å². The van der Waals surface area contributed by atoms with E-state index in [2.05, 4.69) is 60.7 Å². The van der Waals surface area contributed by atoms with Gasteiger partial charge in [-0.25, -0.2) is 4.79 Å². The fourth-order valence-electron chi connectivity index (χ4n) is 21.5. The van der Waals surface area contributed by atoms with Crippen molar-refractivity contribution < 1.29 is 38.1 Å². The van der Waals surface area contributed by atoms with Crippen LogP contribution in [0.5, 0.6) is 0 Å². The molecule has 1 amide bonds. The normalized spacial score (nSPS) is 46.2. The number of nitrogens with zero attached hydrogens (tertiary/aromatic N) is 1. The van der Waals surface area contributed by atoms with Gasteiger partial charge in [0.05, 0.1) is 36.0 Å². The van der Waals surface area contributed by atoms with Crippen LogP contribution in [0.4, 0.5) is 4.79 Å². The number of fused-ring (bicyclic) bond motifs is 12. The smallest absolute Gasteiger partial charge is 0.410 e. The van der Waals surface area contributed by atoms with Gasteiger partial charge >= 0.3 is 18.0 Å². The fraction of sp³-hybridized carbons (Fsp3) is 0.812. The van der Waals surface area contributed by atoms with Crippen LogP contribution in [0.3, 0.4) is 0 Å². The lowest BCUT2D eigenvalue weighted by Gasteiger charge is -2.54. The van der Waals surface area contributed by atoms with Crippen molar-refractivity contribution in [1.82, 2.24) is 10.2 Å². The highest BCUT2D eigenvalue weighted by Gasteiger charge is 2.63. The molecule has 13 rings (SSSR count). The number of esters is 2. The van der Waals surface area contributed by atoms with E-state index in [1.807, 2.05) is 47.7 Å². The third kappa shape index (κ3) is 10.1. The van der Waals surface area contributed by atoms with Gasteiger partial charge in [0.1, 0.15) is 18.8 Å². The number of carbonyl (C=O) groups is 3. The Hall–Kier alpha value is -3.25. The van der Waals surface area contributed by atoms with E-state index in [0.29, 0.717) is 71.5 Å². The number of rotatable bonds is 6. The summed E-state index contributed by atoms with van der Waals surface area (Å²) in [6.07, 6.45) is 24.3. The first-order valence-corrected chi connectivity index (χ1v) is 32.9. The molecule has 6 saturated carbocycles. The minimum atomic E-state index is -0.238. The number of nitrogens with one attached hydrogen (secondary N) is 1. The summed E-state index contributed by atoms with van der Waals surface area (Å²) in [6, 6.07) is 10.6. The van der Waals surface area contributed by atoms with Gasteiger partial charge in [-0.2, -0.15) is 0 Å². The maximum Gasteiger partial charge on any atom is 0.410 e. The second-order valence-corrected chi connectivity index (χ2v) is 29.9. The molecule has 4 saturated heterocycles. The molecule has 1 aromatic rings. The van der Waals surface area contributed by atoms with Gasteiger partial charge < -0.3 is 39.6 Å². The van der Waals surface area contributed by atoms with Crippen LogP contribution in [-0.2, 0) is 39.9 Å². The van der Waals surface area contributed by atoms with Gasteiger partial charge in [-0.15, -0.1) is 0 Å². The van der Waals surface area contributed by atoms with Crippen LogP contribution < -0.4 is 11.1 Å². The monoisotopic (exact) mass is 1100 g/mol. The van der Waals surface area contributed by atoms with Crippen molar-refractivity contribution in [3.05, 3.63) is 58.2 Å². The quantitative estimate of drug-likeness (QED) is 0.161. The summed E-state index contributed by atoms with van der Waals surface area (Å²) >= 11 is 0. The molecule has 11 nitrogen and oxygen atoms in total. The number of nitrogens with two attached hydrogens (primary N) is 1. The largest absolute Gasteiger partial charge is 0.462 e. The summed E-state index contributed by atoms with van der Waals surface area (Å²) in [4.78, 5) is 39.4. The number of ether oxygens (including phenoxy) is 5.